The molecule has 3 heteroatoms. The molecular formula is C16H17FO2. The van der Waals surface area contributed by atoms with Crippen molar-refractivity contribution in [1.29, 1.82) is 0 Å². The van der Waals surface area contributed by atoms with Gasteiger partial charge in [0.25, 0.3) is 0 Å². The molecule has 19 heavy (non-hydrogen) atoms. The molecular weight excluding hydrogens is 243 g/mol. The third kappa shape index (κ3) is 3.55. The van der Waals surface area contributed by atoms with Gasteiger partial charge in [-0.15, -0.1) is 0 Å². The van der Waals surface area contributed by atoms with E-state index < -0.39 is 6.10 Å². The SMILES string of the molecule is COc1cccc(CC(O)c2cc(C)cc(F)c2)c1. The quantitative estimate of drug-likeness (QED) is 0.912. The molecule has 1 unspecified atom stereocenters. The monoisotopic (exact) mass is 260 g/mol. The van der Waals surface area contributed by atoms with Gasteiger partial charge in [0.1, 0.15) is 11.6 Å². The van der Waals surface area contributed by atoms with Crippen molar-refractivity contribution >= 4 is 0 Å². The molecule has 0 aliphatic heterocycles. The lowest BCUT2D eigenvalue weighted by molar-refractivity contribution is 0.178. The first-order chi connectivity index (χ1) is 9.08. The molecule has 1 atom stereocenters. The van der Waals surface area contributed by atoms with Crippen LogP contribution >= 0.6 is 0 Å². The highest BCUT2D eigenvalue weighted by Gasteiger charge is 2.11. The van der Waals surface area contributed by atoms with E-state index in [1.54, 1.807) is 13.2 Å². The molecule has 0 spiro atoms. The summed E-state index contributed by atoms with van der Waals surface area (Å²) in [5, 5.41) is 10.2. The first kappa shape index (κ1) is 13.6. The maximum Gasteiger partial charge on any atom is 0.123 e. The molecule has 0 saturated carbocycles. The van der Waals surface area contributed by atoms with Crippen LogP contribution in [0.1, 0.15) is 22.8 Å². The van der Waals surface area contributed by atoms with Crippen molar-refractivity contribution in [3.63, 3.8) is 0 Å². The lowest BCUT2D eigenvalue weighted by Crippen LogP contribution is -2.03. The molecule has 0 heterocycles. The Bertz CT molecular complexity index is 546. The standard InChI is InChI=1S/C16H17FO2/c1-11-6-13(10-14(17)7-11)16(18)9-12-4-3-5-15(8-12)19-2/h3-8,10,16,18H,9H2,1-2H3. The summed E-state index contributed by atoms with van der Waals surface area (Å²) < 4.78 is 18.5. The Labute approximate surface area is 112 Å². The van der Waals surface area contributed by atoms with Gasteiger partial charge in [0.15, 0.2) is 0 Å². The Morgan fingerprint density at radius 3 is 2.68 bits per heavy atom. The van der Waals surface area contributed by atoms with Crippen LogP contribution in [0.2, 0.25) is 0 Å². The zero-order chi connectivity index (χ0) is 13.8. The maximum atomic E-state index is 13.3. The van der Waals surface area contributed by atoms with E-state index in [0.717, 1.165) is 16.9 Å². The van der Waals surface area contributed by atoms with Crippen LogP contribution < -0.4 is 4.74 Å². The lowest BCUT2D eigenvalue weighted by atomic mass is 10.00. The number of ether oxygens (including phenoxy) is 1. The van der Waals surface area contributed by atoms with E-state index in [1.165, 1.54) is 12.1 Å². The highest BCUT2D eigenvalue weighted by atomic mass is 19.1. The lowest BCUT2D eigenvalue weighted by Gasteiger charge is -2.13. The molecule has 0 amide bonds. The van der Waals surface area contributed by atoms with E-state index in [4.69, 9.17) is 4.74 Å². The normalized spacial score (nSPS) is 12.2. The van der Waals surface area contributed by atoms with Gasteiger partial charge in [-0.3, -0.25) is 0 Å². The van der Waals surface area contributed by atoms with Crippen LogP contribution in [0.15, 0.2) is 42.5 Å². The van der Waals surface area contributed by atoms with Gasteiger partial charge in [0.05, 0.1) is 13.2 Å². The number of halogens is 1. The van der Waals surface area contributed by atoms with Crippen molar-refractivity contribution in [1.82, 2.24) is 0 Å². The molecule has 2 rings (SSSR count). The van der Waals surface area contributed by atoms with Crippen molar-refractivity contribution in [3.8, 4) is 5.75 Å². The summed E-state index contributed by atoms with van der Waals surface area (Å²) in [6, 6.07) is 12.1. The Balaban J connectivity index is 2.17. The van der Waals surface area contributed by atoms with Crippen LogP contribution in [0, 0.1) is 12.7 Å². The van der Waals surface area contributed by atoms with Gasteiger partial charge in [-0.05, 0) is 47.9 Å². The molecule has 2 aromatic carbocycles. The molecule has 0 radical (unpaired) electrons. The summed E-state index contributed by atoms with van der Waals surface area (Å²) >= 11 is 0. The fraction of sp³-hybridized carbons (Fsp3) is 0.250. The molecule has 0 aliphatic carbocycles. The number of aliphatic hydroxyl groups is 1. The minimum atomic E-state index is -0.721. The van der Waals surface area contributed by atoms with Crippen LogP contribution in [0.4, 0.5) is 4.39 Å². The topological polar surface area (TPSA) is 29.5 Å². The molecule has 100 valence electrons. The zero-order valence-electron chi connectivity index (χ0n) is 11.1. The van der Waals surface area contributed by atoms with Crippen LogP contribution in [0.3, 0.4) is 0 Å². The van der Waals surface area contributed by atoms with E-state index in [-0.39, 0.29) is 5.82 Å². The van der Waals surface area contributed by atoms with Gasteiger partial charge in [0, 0.05) is 6.42 Å². The van der Waals surface area contributed by atoms with E-state index in [1.807, 2.05) is 31.2 Å². The number of hydrogen-bond donors (Lipinski definition) is 1. The third-order valence-electron chi connectivity index (χ3n) is 3.01. The average molecular weight is 260 g/mol. The maximum absolute atomic E-state index is 13.3. The largest absolute Gasteiger partial charge is 0.497 e. The van der Waals surface area contributed by atoms with Gasteiger partial charge in [0.2, 0.25) is 0 Å². The van der Waals surface area contributed by atoms with Crippen molar-refractivity contribution in [2.45, 2.75) is 19.4 Å². The summed E-state index contributed by atoms with van der Waals surface area (Å²) in [5.74, 6) is 0.430. The first-order valence-electron chi connectivity index (χ1n) is 6.16. The molecule has 0 saturated heterocycles. The van der Waals surface area contributed by atoms with Crippen molar-refractivity contribution in [3.05, 3.63) is 65.0 Å². The van der Waals surface area contributed by atoms with Crippen molar-refractivity contribution in [2.24, 2.45) is 0 Å². The molecule has 0 fully saturated rings. The van der Waals surface area contributed by atoms with Crippen molar-refractivity contribution in [2.75, 3.05) is 7.11 Å². The highest BCUT2D eigenvalue weighted by Crippen LogP contribution is 2.22. The Hall–Kier alpha value is -1.87. The smallest absolute Gasteiger partial charge is 0.123 e. The molecule has 1 N–H and O–H groups in total. The van der Waals surface area contributed by atoms with Crippen LogP contribution in [-0.4, -0.2) is 12.2 Å². The van der Waals surface area contributed by atoms with E-state index in [0.29, 0.717) is 12.0 Å². The second-order valence-electron chi connectivity index (χ2n) is 4.63. The molecule has 0 bridgehead atoms. The highest BCUT2D eigenvalue weighted by molar-refractivity contribution is 5.31. The predicted molar refractivity (Wildman–Crippen MR) is 72.8 cm³/mol. The van der Waals surface area contributed by atoms with E-state index >= 15 is 0 Å². The van der Waals surface area contributed by atoms with Crippen LogP contribution in [0.25, 0.3) is 0 Å². The third-order valence-corrected chi connectivity index (χ3v) is 3.01. The van der Waals surface area contributed by atoms with Gasteiger partial charge in [-0.25, -0.2) is 4.39 Å². The number of aliphatic hydroxyl groups excluding tert-OH is 1. The Morgan fingerprint density at radius 2 is 2.00 bits per heavy atom. The van der Waals surface area contributed by atoms with Gasteiger partial charge >= 0.3 is 0 Å². The fourth-order valence-electron chi connectivity index (χ4n) is 2.10. The molecule has 2 aromatic rings. The minimum Gasteiger partial charge on any atom is -0.497 e. The molecule has 0 aliphatic rings. The van der Waals surface area contributed by atoms with Gasteiger partial charge in [-0.1, -0.05) is 18.2 Å². The van der Waals surface area contributed by atoms with Crippen LogP contribution in [-0.2, 0) is 6.42 Å². The first-order valence-corrected chi connectivity index (χ1v) is 6.16. The summed E-state index contributed by atoms with van der Waals surface area (Å²) in [5.41, 5.74) is 2.36. The van der Waals surface area contributed by atoms with Gasteiger partial charge < -0.3 is 9.84 Å². The number of methoxy groups -OCH3 is 1. The fourth-order valence-corrected chi connectivity index (χ4v) is 2.10. The van der Waals surface area contributed by atoms with Crippen molar-refractivity contribution < 1.29 is 14.2 Å². The molecule has 0 aromatic heterocycles. The summed E-state index contributed by atoms with van der Waals surface area (Å²) in [7, 11) is 1.60. The summed E-state index contributed by atoms with van der Waals surface area (Å²) in [6.07, 6.45) is -0.290. The number of rotatable bonds is 4. The average Bonchev–Trinajstić information content (AvgIpc) is 2.37. The van der Waals surface area contributed by atoms with Gasteiger partial charge in [-0.2, -0.15) is 0 Å². The molecule has 2 nitrogen and oxygen atoms in total. The predicted octanol–water partition coefficient (Wildman–Crippen LogP) is 3.42. The number of aryl methyl sites for hydroxylation is 1. The van der Waals surface area contributed by atoms with E-state index in [2.05, 4.69) is 0 Å². The second-order valence-corrected chi connectivity index (χ2v) is 4.63. The summed E-state index contributed by atoms with van der Waals surface area (Å²) in [4.78, 5) is 0. The van der Waals surface area contributed by atoms with E-state index in [9.17, 15) is 9.50 Å². The zero-order valence-corrected chi connectivity index (χ0v) is 11.1. The second kappa shape index (κ2) is 5.85. The van der Waals surface area contributed by atoms with Crippen LogP contribution in [0.5, 0.6) is 5.75 Å². The Morgan fingerprint density at radius 1 is 1.21 bits per heavy atom. The number of benzene rings is 2. The summed E-state index contributed by atoms with van der Waals surface area (Å²) in [6.45, 7) is 1.81. The minimum absolute atomic E-state index is 0.320. The Kier molecular flexibility index (Phi) is 4.17. The number of hydrogen-bond acceptors (Lipinski definition) is 2.